The highest BCUT2D eigenvalue weighted by atomic mass is 32.2. The monoisotopic (exact) mass is 519 g/mol. The second-order valence-electron chi connectivity index (χ2n) is 8.13. The van der Waals surface area contributed by atoms with Crippen molar-refractivity contribution in [3.05, 3.63) is 106 Å². The van der Waals surface area contributed by atoms with Gasteiger partial charge >= 0.3 is 17.6 Å². The lowest BCUT2D eigenvalue weighted by molar-refractivity contribution is -0.505. The fourth-order valence-corrected chi connectivity index (χ4v) is 5.93. The van der Waals surface area contributed by atoms with Crippen LogP contribution in [0, 0.1) is 10.1 Å². The molecule has 0 radical (unpaired) electrons. The first-order valence-electron chi connectivity index (χ1n) is 10.8. The minimum absolute atomic E-state index is 0.0822. The Hall–Kier alpha value is -3.93. The Morgan fingerprint density at radius 3 is 2.36 bits per heavy atom. The van der Waals surface area contributed by atoms with Crippen LogP contribution in [0.15, 0.2) is 83.8 Å². The number of nitrogens with one attached hydrogen (secondary N) is 1. The predicted molar refractivity (Wildman–Crippen MR) is 124 cm³/mol. The molecule has 1 N–H and O–H groups in total. The van der Waals surface area contributed by atoms with E-state index in [0.29, 0.717) is 5.56 Å². The number of rotatable bonds is 5. The zero-order valence-electron chi connectivity index (χ0n) is 18.6. The molecule has 0 saturated heterocycles. The van der Waals surface area contributed by atoms with Gasteiger partial charge < -0.3 is 10.2 Å². The first-order chi connectivity index (χ1) is 17.0. The number of sulfone groups is 1. The van der Waals surface area contributed by atoms with Crippen LogP contribution in [0.2, 0.25) is 0 Å². The maximum absolute atomic E-state index is 13.4. The third-order valence-electron chi connectivity index (χ3n) is 5.90. The molecule has 1 aliphatic heterocycles. The van der Waals surface area contributed by atoms with Crippen LogP contribution in [0.5, 0.6) is 0 Å². The van der Waals surface area contributed by atoms with E-state index in [2.05, 4.69) is 5.32 Å². The summed E-state index contributed by atoms with van der Waals surface area (Å²) in [4.78, 5) is 25.3. The Kier molecular flexibility index (Phi) is 6.72. The summed E-state index contributed by atoms with van der Waals surface area (Å²) in [6, 6.07) is 14.8. The van der Waals surface area contributed by atoms with E-state index in [-0.39, 0.29) is 29.1 Å². The van der Waals surface area contributed by atoms with Crippen molar-refractivity contribution in [2.75, 3.05) is 11.9 Å². The van der Waals surface area contributed by atoms with Crippen molar-refractivity contribution in [2.45, 2.75) is 28.9 Å². The van der Waals surface area contributed by atoms with Gasteiger partial charge in [0.1, 0.15) is 6.04 Å². The van der Waals surface area contributed by atoms with Crippen molar-refractivity contribution in [3.8, 4) is 0 Å². The number of carbonyl (C=O) groups is 1. The van der Waals surface area contributed by atoms with Crippen LogP contribution in [-0.4, -0.2) is 36.2 Å². The van der Waals surface area contributed by atoms with Crippen molar-refractivity contribution in [1.29, 1.82) is 0 Å². The van der Waals surface area contributed by atoms with Crippen LogP contribution in [0.25, 0.3) is 0 Å². The van der Waals surface area contributed by atoms with E-state index < -0.39 is 43.9 Å². The van der Waals surface area contributed by atoms with Gasteiger partial charge in [0.25, 0.3) is 0 Å². The summed E-state index contributed by atoms with van der Waals surface area (Å²) in [5.41, 5.74) is -0.253. The lowest BCUT2D eigenvalue weighted by atomic mass is 9.92. The van der Waals surface area contributed by atoms with E-state index in [4.69, 9.17) is 0 Å². The second kappa shape index (κ2) is 9.61. The van der Waals surface area contributed by atoms with Gasteiger partial charge in [0.15, 0.2) is 0 Å². The number of nitro groups is 1. The van der Waals surface area contributed by atoms with Gasteiger partial charge in [-0.1, -0.05) is 48.5 Å². The van der Waals surface area contributed by atoms with Gasteiger partial charge in [-0.25, -0.2) is 13.2 Å². The summed E-state index contributed by atoms with van der Waals surface area (Å²) in [6.45, 7) is -0.0822. The summed E-state index contributed by atoms with van der Waals surface area (Å²) in [6.07, 6.45) is -4.37. The zero-order chi connectivity index (χ0) is 26.1. The minimum atomic E-state index is -4.65. The molecule has 12 heteroatoms. The van der Waals surface area contributed by atoms with E-state index in [9.17, 15) is 36.5 Å². The van der Waals surface area contributed by atoms with Crippen molar-refractivity contribution in [2.24, 2.45) is 0 Å². The Morgan fingerprint density at radius 2 is 1.69 bits per heavy atom. The number of carbonyl (C=O) groups excluding carboxylic acids is 1. The Morgan fingerprint density at radius 1 is 1.03 bits per heavy atom. The van der Waals surface area contributed by atoms with Crippen LogP contribution in [-0.2, 0) is 22.4 Å². The Bertz CT molecular complexity index is 1400. The molecule has 188 valence electrons. The first-order valence-corrected chi connectivity index (χ1v) is 12.3. The Labute approximate surface area is 204 Å². The van der Waals surface area contributed by atoms with Crippen molar-refractivity contribution < 1.29 is 31.3 Å². The number of urea groups is 1. The SMILES string of the molecule is O=C(Nc1cccc(C(F)(F)F)c1)N1CCc2ccccc2[C@@H]1[C@H]([N+](=O)[O-])S(=O)(=O)c1ccccc1. The average Bonchev–Trinajstić information content (AvgIpc) is 2.84. The molecule has 3 aromatic rings. The number of benzene rings is 3. The summed E-state index contributed by atoms with van der Waals surface area (Å²) < 4.78 is 66.2. The molecule has 2 amide bonds. The van der Waals surface area contributed by atoms with Crippen LogP contribution in [0.4, 0.5) is 23.7 Å². The quantitative estimate of drug-likeness (QED) is 0.380. The molecule has 0 aromatic heterocycles. The largest absolute Gasteiger partial charge is 0.416 e. The number of halogens is 3. The number of amides is 2. The van der Waals surface area contributed by atoms with Gasteiger partial charge in [0.2, 0.25) is 9.84 Å². The van der Waals surface area contributed by atoms with Gasteiger partial charge in [-0.3, -0.25) is 10.1 Å². The second-order valence-corrected chi connectivity index (χ2v) is 10.2. The molecule has 0 saturated carbocycles. The van der Waals surface area contributed by atoms with Crippen molar-refractivity contribution >= 4 is 21.6 Å². The third-order valence-corrected chi connectivity index (χ3v) is 7.90. The first kappa shape index (κ1) is 25.2. The van der Waals surface area contributed by atoms with Crippen LogP contribution in [0.3, 0.4) is 0 Å². The number of alkyl halides is 3. The molecule has 1 heterocycles. The normalized spacial score (nSPS) is 16.6. The molecule has 4 rings (SSSR count). The lowest BCUT2D eigenvalue weighted by Crippen LogP contribution is -2.51. The predicted octanol–water partition coefficient (Wildman–Crippen LogP) is 4.91. The summed E-state index contributed by atoms with van der Waals surface area (Å²) >= 11 is 0. The molecule has 0 unspecified atom stereocenters. The highest BCUT2D eigenvalue weighted by Gasteiger charge is 2.51. The Balaban J connectivity index is 1.77. The molecule has 1 aliphatic rings. The average molecular weight is 520 g/mol. The van der Waals surface area contributed by atoms with E-state index >= 15 is 0 Å². The minimum Gasteiger partial charge on any atom is -0.309 e. The third kappa shape index (κ3) is 4.89. The van der Waals surface area contributed by atoms with E-state index in [1.54, 1.807) is 24.3 Å². The van der Waals surface area contributed by atoms with E-state index in [1.165, 1.54) is 36.4 Å². The molecule has 3 aromatic carbocycles. The fraction of sp³-hybridized carbons (Fsp3) is 0.208. The van der Waals surface area contributed by atoms with Gasteiger partial charge in [-0.05, 0) is 47.9 Å². The highest BCUT2D eigenvalue weighted by Crippen LogP contribution is 2.38. The maximum Gasteiger partial charge on any atom is 0.416 e. The summed E-state index contributed by atoms with van der Waals surface area (Å²) in [7, 11) is -4.58. The molecule has 0 spiro atoms. The van der Waals surface area contributed by atoms with E-state index in [0.717, 1.165) is 23.1 Å². The van der Waals surface area contributed by atoms with Crippen LogP contribution in [0.1, 0.15) is 22.7 Å². The number of hydrogen-bond donors (Lipinski definition) is 1. The van der Waals surface area contributed by atoms with Gasteiger partial charge in [0.05, 0.1) is 10.5 Å². The number of anilines is 1. The van der Waals surface area contributed by atoms with Crippen LogP contribution >= 0.6 is 0 Å². The van der Waals surface area contributed by atoms with Gasteiger partial charge in [0, 0.05) is 17.2 Å². The highest BCUT2D eigenvalue weighted by molar-refractivity contribution is 7.91. The molecule has 0 aliphatic carbocycles. The summed E-state index contributed by atoms with van der Waals surface area (Å²) in [5, 5.41) is 12.3. The molecule has 2 atom stereocenters. The maximum atomic E-state index is 13.4. The van der Waals surface area contributed by atoms with E-state index in [1.807, 2.05) is 0 Å². The molecule has 8 nitrogen and oxygen atoms in total. The fourth-order valence-electron chi connectivity index (χ4n) is 4.25. The lowest BCUT2D eigenvalue weighted by Gasteiger charge is -2.37. The molecular weight excluding hydrogens is 499 g/mol. The number of nitrogens with zero attached hydrogens (tertiary/aromatic N) is 2. The number of hydrogen-bond acceptors (Lipinski definition) is 5. The smallest absolute Gasteiger partial charge is 0.309 e. The summed E-state index contributed by atoms with van der Waals surface area (Å²) in [5.74, 6) is 0. The topological polar surface area (TPSA) is 110 Å². The van der Waals surface area contributed by atoms with Crippen molar-refractivity contribution in [3.63, 3.8) is 0 Å². The molecule has 0 fully saturated rings. The molecular formula is C24H20F3N3O5S. The number of fused-ring (bicyclic) bond motifs is 1. The van der Waals surface area contributed by atoms with Crippen LogP contribution < -0.4 is 5.32 Å². The van der Waals surface area contributed by atoms with Gasteiger partial charge in [-0.2, -0.15) is 13.2 Å². The molecule has 36 heavy (non-hydrogen) atoms. The van der Waals surface area contributed by atoms with Gasteiger partial charge in [-0.15, -0.1) is 0 Å². The standard InChI is InChI=1S/C24H20F3N3O5S/c25-24(26,27)17-8-6-9-18(15-17)28-23(31)29-14-13-16-7-4-5-12-20(16)21(29)22(30(32)33)36(34,35)19-10-2-1-3-11-19/h1-12,15,21-22H,13-14H2,(H,28,31)/t21-,22-/m1/s1. The zero-order valence-corrected chi connectivity index (χ0v) is 19.4. The molecule has 0 bridgehead atoms. The van der Waals surface area contributed by atoms with Crippen molar-refractivity contribution in [1.82, 2.24) is 4.90 Å².